The topological polar surface area (TPSA) is 207 Å². The molecular weight excluding hydrogens is 975 g/mol. The van der Waals surface area contributed by atoms with Gasteiger partial charge in [-0.1, -0.05) is 0 Å². The predicted molar refractivity (Wildman–Crippen MR) is 273 cm³/mol. The highest BCUT2D eigenvalue weighted by atomic mass is 19.1. The van der Waals surface area contributed by atoms with Gasteiger partial charge < -0.3 is 24.8 Å². The molecule has 4 aromatic carbocycles. The van der Waals surface area contributed by atoms with Gasteiger partial charge in [0, 0.05) is 90.6 Å². The second-order valence-electron chi connectivity index (χ2n) is 18.9. The number of nitrogens with zero attached hydrogens (tertiary/aromatic N) is 8. The Morgan fingerprint density at radius 2 is 1.12 bits per heavy atom. The van der Waals surface area contributed by atoms with Crippen LogP contribution in [0.5, 0.6) is 11.5 Å². The molecular formula is C55H57F4N9O7. The number of Topliss-reactive ketones (excluding diaryl/α,β-unsaturated/α-hetero) is 1. The zero-order valence-electron chi connectivity index (χ0n) is 41.8. The van der Waals surface area contributed by atoms with Crippen molar-refractivity contribution in [2.45, 2.75) is 50.7 Å². The number of hydrogen-bond acceptors (Lipinski definition) is 13. The van der Waals surface area contributed by atoms with E-state index in [0.29, 0.717) is 37.9 Å². The van der Waals surface area contributed by atoms with E-state index in [-0.39, 0.29) is 55.7 Å². The number of pyridine rings is 2. The van der Waals surface area contributed by atoms with E-state index in [1.54, 1.807) is 46.0 Å². The summed E-state index contributed by atoms with van der Waals surface area (Å²) in [7, 11) is 3.71. The molecule has 2 aliphatic heterocycles. The highest BCUT2D eigenvalue weighted by Gasteiger charge is 2.39. The summed E-state index contributed by atoms with van der Waals surface area (Å²) in [6.07, 6.45) is 5.84. The number of benzene rings is 4. The van der Waals surface area contributed by atoms with E-state index in [0.717, 1.165) is 98.5 Å². The van der Waals surface area contributed by atoms with Gasteiger partial charge in [0.25, 0.3) is 0 Å². The lowest BCUT2D eigenvalue weighted by Gasteiger charge is -2.41. The van der Waals surface area contributed by atoms with Crippen LogP contribution in [0.3, 0.4) is 0 Å². The molecule has 2 unspecified atom stereocenters. The fraction of sp³-hybridized carbons (Fsp3) is 0.309. The zero-order valence-corrected chi connectivity index (χ0v) is 41.8. The number of carbonyl (C=O) groups excluding carboxylic acids is 1. The first-order valence-corrected chi connectivity index (χ1v) is 24.2. The average Bonchev–Trinajstić information content (AvgIpc) is 3.91. The van der Waals surface area contributed by atoms with Crippen LogP contribution in [0.15, 0.2) is 109 Å². The molecule has 0 amide bonds. The van der Waals surface area contributed by atoms with Crippen molar-refractivity contribution in [1.29, 1.82) is 0 Å². The summed E-state index contributed by atoms with van der Waals surface area (Å²) in [6.45, 7) is 5.06. The van der Waals surface area contributed by atoms with E-state index in [4.69, 9.17) is 20.4 Å². The highest BCUT2D eigenvalue weighted by molar-refractivity contribution is 6.03. The number of fused-ring (bicyclic) bond motifs is 2. The van der Waals surface area contributed by atoms with Crippen molar-refractivity contribution >= 4 is 33.6 Å². The number of aromatic carboxylic acids is 1. The van der Waals surface area contributed by atoms with Crippen LogP contribution in [0.25, 0.3) is 44.3 Å². The molecule has 75 heavy (non-hydrogen) atoms. The lowest BCUT2D eigenvalue weighted by Crippen LogP contribution is -2.56. The number of nitrogens with two attached hydrogens (primary N) is 1. The molecule has 2 saturated heterocycles. The summed E-state index contributed by atoms with van der Waals surface area (Å²) in [5.41, 5.74) is 5.70. The molecule has 0 bridgehead atoms. The Hall–Kier alpha value is -7.62. The monoisotopic (exact) mass is 1030 g/mol. The van der Waals surface area contributed by atoms with Gasteiger partial charge in [-0.25, -0.2) is 27.4 Å². The standard InChI is InChI=1S/C28H28F2N4O3.C15H13N3O2.C12H16F2N2O2/c1-18-12-20(8-10-31-18)27-22-13-19(4-7-24(22)33(2)32-27)25(36)15-34-11-3-9-28(16-34,17-35)37-26-14-21(29)5-6-23(26)30;1-9-7-10(5-6-16-9)14-12-8-11(15(19)20)3-4-13(12)18(2)17-14;13-9-2-3-10(14)11(6-9)18-12(8-17)4-1-5-16(15)7-12/h4-8,10,12-14,35H,3,9,11,15-17H2,1-2H3;3-8H,1-2H3,(H,19,20);2-3,6,17H,1,4-5,7-8,15H2. The second kappa shape index (κ2) is 22.9. The van der Waals surface area contributed by atoms with Crippen molar-refractivity contribution in [3.8, 4) is 34.0 Å². The molecule has 2 aliphatic rings. The van der Waals surface area contributed by atoms with E-state index in [9.17, 15) is 37.4 Å². The summed E-state index contributed by atoms with van der Waals surface area (Å²) in [4.78, 5) is 34.8. The fourth-order valence-corrected chi connectivity index (χ4v) is 9.47. The number of aliphatic hydroxyl groups excluding tert-OH is 2. The minimum atomic E-state index is -1.13. The summed E-state index contributed by atoms with van der Waals surface area (Å²) in [5.74, 6) is 1.65. The molecule has 2 atom stereocenters. The number of hydrogen-bond donors (Lipinski definition) is 4. The van der Waals surface area contributed by atoms with Gasteiger partial charge in [0.05, 0.1) is 42.9 Å². The van der Waals surface area contributed by atoms with E-state index in [1.165, 1.54) is 5.01 Å². The van der Waals surface area contributed by atoms with Crippen molar-refractivity contribution in [1.82, 2.24) is 39.4 Å². The Kier molecular flexibility index (Phi) is 16.4. The molecule has 0 saturated carbocycles. The van der Waals surface area contributed by atoms with E-state index in [1.807, 2.05) is 69.2 Å². The first-order valence-electron chi connectivity index (χ1n) is 24.2. The van der Waals surface area contributed by atoms with Crippen molar-refractivity contribution in [3.05, 3.63) is 155 Å². The van der Waals surface area contributed by atoms with Crippen molar-refractivity contribution in [3.63, 3.8) is 0 Å². The number of carboxylic acids is 1. The molecule has 5 N–H and O–H groups in total. The Labute approximate surface area is 429 Å². The van der Waals surface area contributed by atoms with Crippen LogP contribution in [0.1, 0.15) is 57.8 Å². The molecule has 2 fully saturated rings. The maximum absolute atomic E-state index is 14.2. The minimum absolute atomic E-state index is 0.0895. The molecule has 4 aromatic heterocycles. The lowest BCUT2D eigenvalue weighted by molar-refractivity contribution is -0.0496. The van der Waals surface area contributed by atoms with Crippen LogP contribution >= 0.6 is 0 Å². The molecule has 10 rings (SSSR count). The Balaban J connectivity index is 0.000000165. The predicted octanol–water partition coefficient (Wildman–Crippen LogP) is 8.00. The SMILES string of the molecule is Cc1cc(-c2nn(C)c3ccc(C(=O)CN4CCCC(CO)(Oc5cc(F)ccc5F)C4)cc23)ccn1.Cc1cc(-c2nn(C)c3ccc(C(=O)O)cc23)ccn1.NN1CCCC(CO)(Oc2cc(F)ccc2F)C1. The Morgan fingerprint density at radius 3 is 1.60 bits per heavy atom. The lowest BCUT2D eigenvalue weighted by atomic mass is 9.92. The summed E-state index contributed by atoms with van der Waals surface area (Å²) < 4.78 is 69.3. The number of hydrazine groups is 1. The van der Waals surface area contributed by atoms with Gasteiger partial charge in [-0.05, 0) is 131 Å². The van der Waals surface area contributed by atoms with E-state index >= 15 is 0 Å². The Morgan fingerprint density at radius 1 is 0.640 bits per heavy atom. The van der Waals surface area contributed by atoms with E-state index in [2.05, 4.69) is 20.2 Å². The molecule has 8 aromatic rings. The third-order valence-electron chi connectivity index (χ3n) is 13.2. The quantitative estimate of drug-likeness (QED) is 0.0520. The average molecular weight is 1030 g/mol. The largest absolute Gasteiger partial charge is 0.480 e. The van der Waals surface area contributed by atoms with Crippen molar-refractivity contribution in [2.75, 3.05) is 45.9 Å². The summed E-state index contributed by atoms with van der Waals surface area (Å²) >= 11 is 0. The number of carboxylic acid groups (broad SMARTS) is 1. The number of piperidine rings is 2. The van der Waals surface area contributed by atoms with Crippen LogP contribution in [-0.2, 0) is 14.1 Å². The molecule has 392 valence electrons. The minimum Gasteiger partial charge on any atom is -0.480 e. The molecule has 0 radical (unpaired) electrons. The van der Waals surface area contributed by atoms with Gasteiger partial charge in [-0.2, -0.15) is 10.2 Å². The first kappa shape index (κ1) is 53.7. The van der Waals surface area contributed by atoms with Gasteiger partial charge >= 0.3 is 5.97 Å². The van der Waals surface area contributed by atoms with Gasteiger partial charge in [0.2, 0.25) is 0 Å². The number of rotatable bonds is 12. The number of aliphatic hydroxyl groups is 2. The Bertz CT molecular complexity index is 3370. The molecule has 6 heterocycles. The van der Waals surface area contributed by atoms with Crippen LogP contribution in [0.2, 0.25) is 0 Å². The van der Waals surface area contributed by atoms with Crippen LogP contribution in [-0.4, -0.2) is 124 Å². The number of likely N-dealkylation sites (tertiary alicyclic amines) is 1. The van der Waals surface area contributed by atoms with Crippen LogP contribution in [0, 0.1) is 37.1 Å². The fourth-order valence-electron chi connectivity index (χ4n) is 9.47. The third kappa shape index (κ3) is 12.5. The maximum Gasteiger partial charge on any atom is 0.335 e. The maximum atomic E-state index is 14.2. The van der Waals surface area contributed by atoms with Gasteiger partial charge in [-0.15, -0.1) is 0 Å². The zero-order chi connectivity index (χ0) is 53.6. The van der Waals surface area contributed by atoms with Gasteiger partial charge in [0.15, 0.2) is 28.9 Å². The van der Waals surface area contributed by atoms with Gasteiger partial charge in [0.1, 0.15) is 34.2 Å². The van der Waals surface area contributed by atoms with E-state index < -0.39 is 40.4 Å². The number of ketones is 1. The smallest absolute Gasteiger partial charge is 0.335 e. The number of carbonyl (C=O) groups is 2. The molecule has 20 heteroatoms. The number of ether oxygens (including phenoxy) is 2. The second-order valence-corrected chi connectivity index (χ2v) is 18.9. The van der Waals surface area contributed by atoms with Crippen LogP contribution < -0.4 is 15.3 Å². The normalized spacial score (nSPS) is 18.0. The highest BCUT2D eigenvalue weighted by Crippen LogP contribution is 2.33. The number of aromatic nitrogens is 6. The third-order valence-corrected chi connectivity index (χ3v) is 13.2. The summed E-state index contributed by atoms with van der Waals surface area (Å²) in [5, 5.41) is 41.1. The van der Waals surface area contributed by atoms with Crippen molar-refractivity contribution in [2.24, 2.45) is 19.9 Å². The van der Waals surface area contributed by atoms with Crippen LogP contribution in [0.4, 0.5) is 17.6 Å². The molecule has 16 nitrogen and oxygen atoms in total. The molecule has 0 aliphatic carbocycles. The summed E-state index contributed by atoms with van der Waals surface area (Å²) in [6, 6.07) is 24.2. The molecule has 0 spiro atoms. The van der Waals surface area contributed by atoms with Crippen molar-refractivity contribution < 1.29 is 51.9 Å². The first-order chi connectivity index (χ1) is 35.9. The number of halogens is 4. The number of aryl methyl sites for hydroxylation is 4. The van der Waals surface area contributed by atoms with Gasteiger partial charge in [-0.3, -0.25) is 34.9 Å².